The zero-order valence-electron chi connectivity index (χ0n) is 17.2. The summed E-state index contributed by atoms with van der Waals surface area (Å²) >= 11 is 0. The Morgan fingerprint density at radius 3 is 2.13 bits per heavy atom. The van der Waals surface area contributed by atoms with Gasteiger partial charge in [-0.05, 0) is 36.6 Å². The third-order valence-corrected chi connectivity index (χ3v) is 4.74. The Balaban J connectivity index is 1.69. The number of benzene rings is 3. The molecular formula is C25H26N2O3. The van der Waals surface area contributed by atoms with Crippen molar-refractivity contribution in [2.75, 3.05) is 5.32 Å². The average Bonchev–Trinajstić information content (AvgIpc) is 2.75. The van der Waals surface area contributed by atoms with Crippen LogP contribution in [0.5, 0.6) is 0 Å². The Morgan fingerprint density at radius 2 is 1.50 bits per heavy atom. The standard InChI is InChI=1S/C25H26N2O3/c1-18-13-14-22(19(2)15-18)26-24(28)23(16-20-9-5-3-6-10-20)27-25(29)30-17-21-11-7-4-8-12-21/h3-15,23H,16-17H2,1-2H3,(H,26,28)(H,27,29). The molecule has 0 saturated heterocycles. The highest BCUT2D eigenvalue weighted by Gasteiger charge is 2.22. The largest absolute Gasteiger partial charge is 0.445 e. The summed E-state index contributed by atoms with van der Waals surface area (Å²) in [6.07, 6.45) is -0.270. The van der Waals surface area contributed by atoms with Crippen LogP contribution < -0.4 is 10.6 Å². The molecule has 2 N–H and O–H groups in total. The zero-order valence-corrected chi connectivity index (χ0v) is 17.2. The van der Waals surface area contributed by atoms with Gasteiger partial charge >= 0.3 is 6.09 Å². The van der Waals surface area contributed by atoms with Gasteiger partial charge in [-0.1, -0.05) is 78.4 Å². The van der Waals surface area contributed by atoms with Gasteiger partial charge in [0.25, 0.3) is 0 Å². The van der Waals surface area contributed by atoms with Gasteiger partial charge in [0.15, 0.2) is 0 Å². The van der Waals surface area contributed by atoms with Gasteiger partial charge in [0.05, 0.1) is 0 Å². The molecule has 30 heavy (non-hydrogen) atoms. The number of anilines is 1. The van der Waals surface area contributed by atoms with E-state index in [2.05, 4.69) is 10.6 Å². The van der Waals surface area contributed by atoms with E-state index < -0.39 is 12.1 Å². The van der Waals surface area contributed by atoms with Gasteiger partial charge in [-0.25, -0.2) is 4.79 Å². The second-order valence-electron chi connectivity index (χ2n) is 7.26. The molecule has 5 heteroatoms. The summed E-state index contributed by atoms with van der Waals surface area (Å²) in [5.41, 5.74) is 4.64. The van der Waals surface area contributed by atoms with Crippen LogP contribution in [0.15, 0.2) is 78.9 Å². The summed E-state index contributed by atoms with van der Waals surface area (Å²) in [6, 6.07) is 24.0. The van der Waals surface area contributed by atoms with E-state index in [-0.39, 0.29) is 12.5 Å². The minimum Gasteiger partial charge on any atom is -0.445 e. The number of carbonyl (C=O) groups excluding carboxylic acids is 2. The first-order valence-electron chi connectivity index (χ1n) is 9.90. The van der Waals surface area contributed by atoms with Crippen molar-refractivity contribution in [3.63, 3.8) is 0 Å². The highest BCUT2D eigenvalue weighted by atomic mass is 16.5. The summed E-state index contributed by atoms with van der Waals surface area (Å²) in [5.74, 6) is -0.289. The molecule has 0 aromatic heterocycles. The molecule has 154 valence electrons. The molecule has 2 amide bonds. The molecule has 0 spiro atoms. The number of carbonyl (C=O) groups is 2. The Labute approximate surface area is 177 Å². The number of alkyl carbamates (subject to hydrolysis) is 1. The summed E-state index contributed by atoms with van der Waals surface area (Å²) < 4.78 is 5.31. The van der Waals surface area contributed by atoms with Crippen LogP contribution in [0.2, 0.25) is 0 Å². The van der Waals surface area contributed by atoms with Gasteiger partial charge in [-0.3, -0.25) is 4.79 Å². The first kappa shape index (κ1) is 21.1. The lowest BCUT2D eigenvalue weighted by Crippen LogP contribution is -2.45. The van der Waals surface area contributed by atoms with Gasteiger partial charge in [0.1, 0.15) is 12.6 Å². The van der Waals surface area contributed by atoms with Crippen molar-refractivity contribution in [3.8, 4) is 0 Å². The van der Waals surface area contributed by atoms with E-state index in [1.54, 1.807) is 0 Å². The SMILES string of the molecule is Cc1ccc(NC(=O)C(Cc2ccccc2)NC(=O)OCc2ccccc2)c(C)c1. The fraction of sp³-hybridized carbons (Fsp3) is 0.200. The number of amides is 2. The van der Waals surface area contributed by atoms with E-state index in [1.165, 1.54) is 0 Å². The highest BCUT2D eigenvalue weighted by Crippen LogP contribution is 2.17. The molecule has 0 saturated carbocycles. The first-order valence-corrected chi connectivity index (χ1v) is 9.90. The number of hydrogen-bond acceptors (Lipinski definition) is 3. The molecule has 0 fully saturated rings. The highest BCUT2D eigenvalue weighted by molar-refractivity contribution is 5.97. The molecular weight excluding hydrogens is 376 g/mol. The third-order valence-electron chi connectivity index (χ3n) is 4.74. The van der Waals surface area contributed by atoms with E-state index in [0.717, 1.165) is 27.9 Å². The quantitative estimate of drug-likeness (QED) is 0.598. The lowest BCUT2D eigenvalue weighted by atomic mass is 10.0. The molecule has 3 rings (SSSR count). The molecule has 5 nitrogen and oxygen atoms in total. The molecule has 0 heterocycles. The zero-order chi connectivity index (χ0) is 21.3. The normalized spacial score (nSPS) is 11.4. The maximum absolute atomic E-state index is 13.0. The third kappa shape index (κ3) is 6.21. The fourth-order valence-electron chi connectivity index (χ4n) is 3.14. The second kappa shape index (κ2) is 10.3. The van der Waals surface area contributed by atoms with Crippen molar-refractivity contribution in [3.05, 3.63) is 101 Å². The minimum atomic E-state index is -0.767. The summed E-state index contributed by atoms with van der Waals surface area (Å²) in [7, 11) is 0. The second-order valence-corrected chi connectivity index (χ2v) is 7.26. The van der Waals surface area contributed by atoms with E-state index in [1.807, 2.05) is 92.7 Å². The molecule has 0 bridgehead atoms. The van der Waals surface area contributed by atoms with E-state index in [0.29, 0.717) is 6.42 Å². The van der Waals surface area contributed by atoms with Gasteiger partial charge in [0.2, 0.25) is 5.91 Å². The smallest absolute Gasteiger partial charge is 0.408 e. The van der Waals surface area contributed by atoms with E-state index >= 15 is 0 Å². The predicted octanol–water partition coefficient (Wildman–Crippen LogP) is 4.78. The summed E-state index contributed by atoms with van der Waals surface area (Å²) in [5, 5.41) is 5.64. The molecule has 3 aromatic rings. The predicted molar refractivity (Wildman–Crippen MR) is 118 cm³/mol. The molecule has 1 unspecified atom stereocenters. The molecule has 1 atom stereocenters. The van der Waals surface area contributed by atoms with Gasteiger partial charge < -0.3 is 15.4 Å². The van der Waals surface area contributed by atoms with Crippen LogP contribution in [0.25, 0.3) is 0 Å². The average molecular weight is 402 g/mol. The summed E-state index contributed by atoms with van der Waals surface area (Å²) in [6.45, 7) is 4.08. The number of rotatable bonds is 7. The first-order chi connectivity index (χ1) is 14.5. The number of hydrogen-bond donors (Lipinski definition) is 2. The summed E-state index contributed by atoms with van der Waals surface area (Å²) in [4.78, 5) is 25.4. The van der Waals surface area contributed by atoms with Crippen molar-refractivity contribution in [2.24, 2.45) is 0 Å². The Hall–Kier alpha value is -3.60. The molecule has 0 aliphatic carbocycles. The van der Waals surface area contributed by atoms with Crippen molar-refractivity contribution in [2.45, 2.75) is 32.9 Å². The van der Waals surface area contributed by atoms with Crippen LogP contribution in [0.1, 0.15) is 22.3 Å². The van der Waals surface area contributed by atoms with Crippen LogP contribution in [-0.2, 0) is 22.6 Å². The number of ether oxygens (including phenoxy) is 1. The van der Waals surface area contributed by atoms with Crippen molar-refractivity contribution in [1.29, 1.82) is 0 Å². The molecule has 0 aliphatic rings. The van der Waals surface area contributed by atoms with Gasteiger partial charge in [-0.2, -0.15) is 0 Å². The van der Waals surface area contributed by atoms with Gasteiger partial charge in [0, 0.05) is 12.1 Å². The minimum absolute atomic E-state index is 0.142. The molecule has 0 aliphatic heterocycles. The maximum atomic E-state index is 13.0. The monoisotopic (exact) mass is 402 g/mol. The van der Waals surface area contributed by atoms with Crippen LogP contribution in [-0.4, -0.2) is 18.0 Å². The Bertz CT molecular complexity index is 988. The van der Waals surface area contributed by atoms with Crippen molar-refractivity contribution < 1.29 is 14.3 Å². The van der Waals surface area contributed by atoms with Gasteiger partial charge in [-0.15, -0.1) is 0 Å². The van der Waals surface area contributed by atoms with Crippen LogP contribution >= 0.6 is 0 Å². The number of nitrogens with one attached hydrogen (secondary N) is 2. The van der Waals surface area contributed by atoms with E-state index in [9.17, 15) is 9.59 Å². The van der Waals surface area contributed by atoms with Crippen LogP contribution in [0, 0.1) is 13.8 Å². The Kier molecular flexibility index (Phi) is 7.22. The van der Waals surface area contributed by atoms with Crippen molar-refractivity contribution in [1.82, 2.24) is 5.32 Å². The maximum Gasteiger partial charge on any atom is 0.408 e. The van der Waals surface area contributed by atoms with Crippen LogP contribution in [0.4, 0.5) is 10.5 Å². The topological polar surface area (TPSA) is 67.4 Å². The van der Waals surface area contributed by atoms with Crippen molar-refractivity contribution >= 4 is 17.7 Å². The lowest BCUT2D eigenvalue weighted by Gasteiger charge is -2.19. The van der Waals surface area contributed by atoms with Crippen LogP contribution in [0.3, 0.4) is 0 Å². The lowest BCUT2D eigenvalue weighted by molar-refractivity contribution is -0.118. The van der Waals surface area contributed by atoms with E-state index in [4.69, 9.17) is 4.74 Å². The molecule has 0 radical (unpaired) electrons. The number of aryl methyl sites for hydroxylation is 2. The fourth-order valence-corrected chi connectivity index (χ4v) is 3.14. The Morgan fingerprint density at radius 1 is 0.867 bits per heavy atom. The molecule has 3 aromatic carbocycles.